The summed E-state index contributed by atoms with van der Waals surface area (Å²) in [6.07, 6.45) is 0. The highest BCUT2D eigenvalue weighted by Crippen LogP contribution is 2.10. The summed E-state index contributed by atoms with van der Waals surface area (Å²) >= 11 is 14.7. The fourth-order valence-corrected chi connectivity index (χ4v) is 0. The zero-order valence-corrected chi connectivity index (χ0v) is 18.7. The summed E-state index contributed by atoms with van der Waals surface area (Å²) in [5.74, 6) is 0. The van der Waals surface area contributed by atoms with E-state index in [2.05, 4.69) is 122 Å². The molecule has 0 aromatic carbocycles. The highest BCUT2D eigenvalue weighted by Gasteiger charge is 1.95. The maximum Gasteiger partial charge on any atom is 0.524 e. The molecule has 0 bridgehead atoms. The molecule has 0 aliphatic heterocycles. The predicted molar refractivity (Wildman–Crippen MR) is 102 cm³/mol. The van der Waals surface area contributed by atoms with Crippen LogP contribution in [0.3, 0.4) is 0 Å². The van der Waals surface area contributed by atoms with E-state index in [1.54, 1.807) is 0 Å². The maximum atomic E-state index is 2.46. The van der Waals surface area contributed by atoms with Crippen LogP contribution in [0.25, 0.3) is 0 Å². The summed E-state index contributed by atoms with van der Waals surface area (Å²) in [6, 6.07) is 0. The van der Waals surface area contributed by atoms with E-state index in [0.717, 1.165) is 0 Å². The monoisotopic (exact) mass is 831 g/mol. The molecule has 0 aromatic rings. The van der Waals surface area contributed by atoms with E-state index in [1.807, 2.05) is 0 Å². The molecule has 0 saturated carbocycles. The Kier molecular flexibility index (Phi) is 35.2. The van der Waals surface area contributed by atoms with Crippen molar-refractivity contribution in [3.05, 3.63) is 0 Å². The molecule has 0 aliphatic rings. The van der Waals surface area contributed by atoms with Gasteiger partial charge in [-0.05, 0) is 0 Å². The Bertz CT molecular complexity index is 26.5. The zero-order chi connectivity index (χ0) is 7.15. The summed E-state index contributed by atoms with van der Waals surface area (Å²) in [7, 11) is 0. The van der Waals surface area contributed by atoms with Crippen molar-refractivity contribution in [3.63, 3.8) is 0 Å². The van der Waals surface area contributed by atoms with Gasteiger partial charge in [0.25, 0.3) is 0 Å². The fraction of sp³-hybridized carbons (Fsp3) is 1.00. The molecule has 0 atom stereocenters. The summed E-state index contributed by atoms with van der Waals surface area (Å²) in [6.45, 7) is 0. The second-order valence-electron chi connectivity index (χ2n) is 0.495. The van der Waals surface area contributed by atoms with Gasteiger partial charge in [-0.2, -0.15) is 122 Å². The second-order valence-corrected chi connectivity index (χ2v) is 66.8. The fourth-order valence-electron chi connectivity index (χ4n) is 0. The molecule has 0 N–H and O–H groups in total. The minimum absolute atomic E-state index is 0. The highest BCUT2D eigenvalue weighted by atomic mass is 127. The van der Waals surface area contributed by atoms with Crippen molar-refractivity contribution in [2.75, 3.05) is 0 Å². The lowest BCUT2D eigenvalue weighted by Crippen LogP contribution is -1.59. The molecule has 0 amide bonds. The minimum atomic E-state index is -0.229. The molecule has 0 aromatic heterocycles. The molecule has 0 spiro atoms. The van der Waals surface area contributed by atoms with Gasteiger partial charge in [-0.1, -0.05) is 7.43 Å². The lowest BCUT2D eigenvalue weighted by Gasteiger charge is -1.59. The lowest BCUT2D eigenvalue weighted by molar-refractivity contribution is 2.50. The standard InChI is InChI=1S/CH4.2Al.6HI/h1H4;;;6*1H/q;2*+3;;;;;;/p-6. The van der Waals surface area contributed by atoms with Crippen LogP contribution in [-0.4, -0.2) is 8.60 Å². The van der Waals surface area contributed by atoms with Gasteiger partial charge < -0.3 is 0 Å². The van der Waals surface area contributed by atoms with Crippen molar-refractivity contribution in [1.82, 2.24) is 0 Å². The Labute approximate surface area is 133 Å². The quantitative estimate of drug-likeness (QED) is 0.233. The number of hydrogen-bond acceptors (Lipinski definition) is 0. The molecule has 0 nitrogen and oxygen atoms in total. The summed E-state index contributed by atoms with van der Waals surface area (Å²) in [4.78, 5) is 0. The smallest absolute Gasteiger partial charge is 0.175 e. The zero-order valence-electron chi connectivity index (χ0n) is 3.42. The molecular weight excluding hydrogens is 827 g/mol. The van der Waals surface area contributed by atoms with Gasteiger partial charge in [0.2, 0.25) is 0 Å². The summed E-state index contributed by atoms with van der Waals surface area (Å²) in [5.41, 5.74) is 0. The minimum Gasteiger partial charge on any atom is -0.175 e. The van der Waals surface area contributed by atoms with Gasteiger partial charge in [-0.15, -0.1) is 0 Å². The van der Waals surface area contributed by atoms with Crippen molar-refractivity contribution in [1.29, 1.82) is 0 Å². The molecule has 0 aliphatic carbocycles. The molecule has 8 heteroatoms. The largest absolute Gasteiger partial charge is 0.524 e. The molecular formula is CH4Al2I6. The van der Waals surface area contributed by atoms with E-state index >= 15 is 0 Å². The van der Waals surface area contributed by atoms with Crippen LogP contribution in [0.5, 0.6) is 0 Å². The first-order chi connectivity index (χ1) is 3.46. The topological polar surface area (TPSA) is 0 Å². The number of rotatable bonds is 0. The Morgan fingerprint density at radius 1 is 0.556 bits per heavy atom. The van der Waals surface area contributed by atoms with Crippen LogP contribution in [-0.2, 0) is 0 Å². The van der Waals surface area contributed by atoms with Crippen molar-refractivity contribution in [2.45, 2.75) is 7.43 Å². The first-order valence-corrected chi connectivity index (χ1v) is 26.3. The Morgan fingerprint density at radius 3 is 0.556 bits per heavy atom. The van der Waals surface area contributed by atoms with Gasteiger partial charge >= 0.3 is 8.60 Å². The van der Waals surface area contributed by atoms with E-state index in [1.165, 1.54) is 0 Å². The van der Waals surface area contributed by atoms with E-state index in [4.69, 9.17) is 0 Å². The van der Waals surface area contributed by atoms with Crippen molar-refractivity contribution < 1.29 is 0 Å². The number of halogens is 6. The summed E-state index contributed by atoms with van der Waals surface area (Å²) in [5, 5.41) is 0. The average Bonchev–Trinajstić information content (AvgIpc) is 1.25. The molecule has 0 heterocycles. The molecule has 9 heavy (non-hydrogen) atoms. The molecule has 56 valence electrons. The highest BCUT2D eigenvalue weighted by molar-refractivity contribution is 14.4. The van der Waals surface area contributed by atoms with E-state index in [0.29, 0.717) is 0 Å². The second kappa shape index (κ2) is 15.9. The van der Waals surface area contributed by atoms with Crippen LogP contribution < -0.4 is 0 Å². The van der Waals surface area contributed by atoms with Crippen LogP contribution in [0.2, 0.25) is 0 Å². The molecule has 0 fully saturated rings. The Balaban J connectivity index is -0.0000000720. The van der Waals surface area contributed by atoms with Crippen molar-refractivity contribution in [3.8, 4) is 0 Å². The number of hydrogen-bond donors (Lipinski definition) is 0. The first-order valence-electron chi connectivity index (χ1n) is 1.31. The maximum absolute atomic E-state index is 2.46. The molecule has 0 rings (SSSR count). The van der Waals surface area contributed by atoms with Crippen LogP contribution in [0.4, 0.5) is 0 Å². The van der Waals surface area contributed by atoms with E-state index in [-0.39, 0.29) is 16.0 Å². The normalized spacial score (nSPS) is 6.00. The lowest BCUT2D eigenvalue weighted by atomic mass is 12.0. The third-order valence-electron chi connectivity index (χ3n) is 0. The van der Waals surface area contributed by atoms with Crippen LogP contribution in [0, 0.1) is 0 Å². The molecule has 0 radical (unpaired) electrons. The van der Waals surface area contributed by atoms with Gasteiger partial charge in [0.1, 0.15) is 0 Å². The van der Waals surface area contributed by atoms with Crippen molar-refractivity contribution in [2.24, 2.45) is 0 Å². The van der Waals surface area contributed by atoms with Gasteiger partial charge in [0, 0.05) is 0 Å². The van der Waals surface area contributed by atoms with Gasteiger partial charge in [0.15, 0.2) is 0 Å². The summed E-state index contributed by atoms with van der Waals surface area (Å²) < 4.78 is -0.458. The van der Waals surface area contributed by atoms with Gasteiger partial charge in [-0.25, -0.2) is 0 Å². The van der Waals surface area contributed by atoms with Crippen LogP contribution in [0.1, 0.15) is 7.43 Å². The van der Waals surface area contributed by atoms with Gasteiger partial charge in [0.05, 0.1) is 0 Å². The van der Waals surface area contributed by atoms with Gasteiger partial charge in [-0.3, -0.25) is 0 Å². The molecule has 0 saturated heterocycles. The van der Waals surface area contributed by atoms with Crippen molar-refractivity contribution >= 4 is 130 Å². The average molecular weight is 831 g/mol. The Morgan fingerprint density at radius 2 is 0.556 bits per heavy atom. The third-order valence-corrected chi connectivity index (χ3v) is 0. The predicted octanol–water partition coefficient (Wildman–Crippen LogP) is 5.19. The van der Waals surface area contributed by atoms with E-state index in [9.17, 15) is 0 Å². The van der Waals surface area contributed by atoms with Crippen LogP contribution in [0.15, 0.2) is 0 Å². The molecule has 0 unspecified atom stereocenters. The first kappa shape index (κ1) is 19.9. The SMILES string of the molecule is C.[I][Al]([I])[I].[I][Al]([I])[I]. The Hall–Kier alpha value is 5.44. The van der Waals surface area contributed by atoms with Crippen LogP contribution >= 0.6 is 122 Å². The third kappa shape index (κ3) is 59.4. The van der Waals surface area contributed by atoms with E-state index < -0.39 is 0 Å².